The molecule has 0 atom stereocenters. The smallest absolute Gasteiger partial charge is 0.338 e. The summed E-state index contributed by atoms with van der Waals surface area (Å²) < 4.78 is 41.0. The zero-order valence-corrected chi connectivity index (χ0v) is 15.2. The van der Waals surface area contributed by atoms with Crippen molar-refractivity contribution in [2.45, 2.75) is 11.8 Å². The molecular weight excluding hydrogens is 397 g/mol. The van der Waals surface area contributed by atoms with Crippen molar-refractivity contribution in [2.75, 3.05) is 11.9 Å². The molecule has 10 nitrogen and oxygen atoms in total. The summed E-state index contributed by atoms with van der Waals surface area (Å²) in [6, 6.07) is 6.39. The SMILES string of the molecule is Cc1ccc(C(=O)OCC(=O)Nc2ccc(F)c([N+](=O)[O-])c2)cc1S(N)(=O)=O. The molecule has 0 fully saturated rings. The Labute approximate surface area is 158 Å². The summed E-state index contributed by atoms with van der Waals surface area (Å²) in [5, 5.41) is 18.0. The van der Waals surface area contributed by atoms with Gasteiger partial charge in [-0.05, 0) is 36.8 Å². The second kappa shape index (κ2) is 8.10. The van der Waals surface area contributed by atoms with Crippen LogP contribution in [-0.4, -0.2) is 31.8 Å². The van der Waals surface area contributed by atoms with Gasteiger partial charge in [0.1, 0.15) is 0 Å². The van der Waals surface area contributed by atoms with E-state index in [1.807, 2.05) is 0 Å². The third kappa shape index (κ3) is 5.08. The molecule has 0 saturated heterocycles. The van der Waals surface area contributed by atoms with Crippen LogP contribution in [0, 0.1) is 22.9 Å². The number of ether oxygens (including phenoxy) is 1. The van der Waals surface area contributed by atoms with Crippen molar-refractivity contribution < 1.29 is 32.1 Å². The highest BCUT2D eigenvalue weighted by Crippen LogP contribution is 2.21. The van der Waals surface area contributed by atoms with Gasteiger partial charge < -0.3 is 10.1 Å². The Morgan fingerprint density at radius 1 is 1.25 bits per heavy atom. The number of nitrogens with zero attached hydrogens (tertiary/aromatic N) is 1. The number of benzene rings is 2. The molecule has 28 heavy (non-hydrogen) atoms. The van der Waals surface area contributed by atoms with E-state index in [1.54, 1.807) is 0 Å². The van der Waals surface area contributed by atoms with Gasteiger partial charge in [-0.15, -0.1) is 0 Å². The summed E-state index contributed by atoms with van der Waals surface area (Å²) in [5.41, 5.74) is -0.708. The molecule has 2 aromatic carbocycles. The van der Waals surface area contributed by atoms with Crippen LogP contribution in [0.4, 0.5) is 15.8 Å². The van der Waals surface area contributed by atoms with Gasteiger partial charge in [0.2, 0.25) is 15.8 Å². The molecule has 3 N–H and O–H groups in total. The number of anilines is 1. The number of nitro benzene ring substituents is 1. The Morgan fingerprint density at radius 2 is 1.93 bits per heavy atom. The predicted molar refractivity (Wildman–Crippen MR) is 94.5 cm³/mol. The highest BCUT2D eigenvalue weighted by Gasteiger charge is 2.18. The fourth-order valence-electron chi connectivity index (χ4n) is 2.18. The van der Waals surface area contributed by atoms with E-state index in [9.17, 15) is 32.5 Å². The van der Waals surface area contributed by atoms with Gasteiger partial charge in [0.15, 0.2) is 6.61 Å². The molecule has 12 heteroatoms. The summed E-state index contributed by atoms with van der Waals surface area (Å²) in [4.78, 5) is 33.3. The quantitative estimate of drug-likeness (QED) is 0.414. The molecule has 0 radical (unpaired) electrons. The number of carbonyl (C=O) groups excluding carboxylic acids is 2. The standard InChI is InChI=1S/C16H14FN3O7S/c1-9-2-3-10(6-14(9)28(18,25)26)16(22)27-8-15(21)19-11-4-5-12(17)13(7-11)20(23)24/h2-7H,8H2,1H3,(H,19,21)(H2,18,25,26). The van der Waals surface area contributed by atoms with Gasteiger partial charge in [-0.25, -0.2) is 18.4 Å². The molecule has 0 saturated carbocycles. The summed E-state index contributed by atoms with van der Waals surface area (Å²) in [6.45, 7) is 0.729. The van der Waals surface area contributed by atoms with Crippen molar-refractivity contribution in [3.8, 4) is 0 Å². The number of esters is 1. The van der Waals surface area contributed by atoms with Crippen molar-refractivity contribution >= 4 is 33.3 Å². The van der Waals surface area contributed by atoms with Crippen LogP contribution < -0.4 is 10.5 Å². The van der Waals surface area contributed by atoms with Gasteiger partial charge in [0.05, 0.1) is 15.4 Å². The average molecular weight is 411 g/mol. The first-order valence-corrected chi connectivity index (χ1v) is 9.08. The van der Waals surface area contributed by atoms with E-state index in [0.29, 0.717) is 5.56 Å². The normalized spacial score (nSPS) is 11.0. The molecule has 0 aliphatic heterocycles. The highest BCUT2D eigenvalue weighted by atomic mass is 32.2. The fraction of sp³-hybridized carbons (Fsp3) is 0.125. The van der Waals surface area contributed by atoms with E-state index in [0.717, 1.165) is 24.3 Å². The number of amides is 1. The molecule has 148 valence electrons. The van der Waals surface area contributed by atoms with Crippen LogP contribution in [-0.2, 0) is 19.6 Å². The van der Waals surface area contributed by atoms with Crippen LogP contribution in [0.3, 0.4) is 0 Å². The van der Waals surface area contributed by atoms with Crippen LogP contribution in [0.25, 0.3) is 0 Å². The first-order valence-electron chi connectivity index (χ1n) is 7.53. The van der Waals surface area contributed by atoms with Crippen molar-refractivity contribution in [3.05, 3.63) is 63.5 Å². The van der Waals surface area contributed by atoms with E-state index >= 15 is 0 Å². The first-order chi connectivity index (χ1) is 13.0. The molecular formula is C16H14FN3O7S. The molecule has 0 spiro atoms. The zero-order valence-electron chi connectivity index (χ0n) is 14.3. The maximum atomic E-state index is 13.3. The molecule has 0 heterocycles. The number of hydrogen-bond donors (Lipinski definition) is 2. The largest absolute Gasteiger partial charge is 0.452 e. The van der Waals surface area contributed by atoms with E-state index in [1.165, 1.54) is 19.1 Å². The number of aryl methyl sites for hydroxylation is 1. The van der Waals surface area contributed by atoms with Crippen molar-refractivity contribution in [1.29, 1.82) is 0 Å². The van der Waals surface area contributed by atoms with E-state index in [-0.39, 0.29) is 16.1 Å². The summed E-state index contributed by atoms with van der Waals surface area (Å²) in [7, 11) is -4.05. The minimum atomic E-state index is -4.05. The van der Waals surface area contributed by atoms with Crippen LogP contribution in [0.1, 0.15) is 15.9 Å². The van der Waals surface area contributed by atoms with Crippen molar-refractivity contribution in [2.24, 2.45) is 5.14 Å². The van der Waals surface area contributed by atoms with Crippen LogP contribution in [0.15, 0.2) is 41.3 Å². The first kappa shape index (κ1) is 20.9. The summed E-state index contributed by atoms with van der Waals surface area (Å²) in [5.74, 6) is -2.89. The molecule has 0 aromatic heterocycles. The molecule has 0 bridgehead atoms. The number of nitro groups is 1. The monoisotopic (exact) mass is 411 g/mol. The summed E-state index contributed by atoms with van der Waals surface area (Å²) in [6.07, 6.45) is 0. The maximum Gasteiger partial charge on any atom is 0.338 e. The van der Waals surface area contributed by atoms with Gasteiger partial charge >= 0.3 is 11.7 Å². The Hall–Kier alpha value is -3.38. The third-order valence-electron chi connectivity index (χ3n) is 3.49. The van der Waals surface area contributed by atoms with Crippen molar-refractivity contribution in [3.63, 3.8) is 0 Å². The Balaban J connectivity index is 2.04. The van der Waals surface area contributed by atoms with E-state index in [2.05, 4.69) is 5.32 Å². The second-order valence-corrected chi connectivity index (χ2v) is 7.10. The number of hydrogen-bond acceptors (Lipinski definition) is 7. The lowest BCUT2D eigenvalue weighted by molar-refractivity contribution is -0.387. The molecule has 2 aromatic rings. The Kier molecular flexibility index (Phi) is 6.06. The number of nitrogens with two attached hydrogens (primary N) is 1. The van der Waals surface area contributed by atoms with Gasteiger partial charge in [-0.1, -0.05) is 6.07 Å². The highest BCUT2D eigenvalue weighted by molar-refractivity contribution is 7.89. The van der Waals surface area contributed by atoms with Gasteiger partial charge in [-0.3, -0.25) is 14.9 Å². The predicted octanol–water partition coefficient (Wildman–Crippen LogP) is 1.49. The maximum absolute atomic E-state index is 13.3. The lowest BCUT2D eigenvalue weighted by atomic mass is 10.1. The Bertz CT molecular complexity index is 1070. The minimum absolute atomic E-state index is 0.0685. The lowest BCUT2D eigenvalue weighted by Crippen LogP contribution is -2.21. The van der Waals surface area contributed by atoms with E-state index in [4.69, 9.17) is 9.88 Å². The summed E-state index contributed by atoms with van der Waals surface area (Å²) >= 11 is 0. The van der Waals surface area contributed by atoms with Crippen LogP contribution in [0.5, 0.6) is 0 Å². The number of nitrogens with one attached hydrogen (secondary N) is 1. The lowest BCUT2D eigenvalue weighted by Gasteiger charge is -2.08. The van der Waals surface area contributed by atoms with E-state index < -0.39 is 44.9 Å². The second-order valence-electron chi connectivity index (χ2n) is 5.57. The topological polar surface area (TPSA) is 159 Å². The Morgan fingerprint density at radius 3 is 2.54 bits per heavy atom. The van der Waals surface area contributed by atoms with Gasteiger partial charge in [0, 0.05) is 11.8 Å². The molecule has 2 rings (SSSR count). The van der Waals surface area contributed by atoms with Crippen molar-refractivity contribution in [1.82, 2.24) is 0 Å². The van der Waals surface area contributed by atoms with Gasteiger partial charge in [0.25, 0.3) is 5.91 Å². The molecule has 0 aliphatic rings. The van der Waals surface area contributed by atoms with Gasteiger partial charge in [-0.2, -0.15) is 4.39 Å². The molecule has 1 amide bonds. The fourth-order valence-corrected chi connectivity index (χ4v) is 2.98. The third-order valence-corrected chi connectivity index (χ3v) is 4.54. The minimum Gasteiger partial charge on any atom is -0.452 e. The molecule has 0 aliphatic carbocycles. The van der Waals surface area contributed by atoms with Crippen LogP contribution in [0.2, 0.25) is 0 Å². The average Bonchev–Trinajstić information content (AvgIpc) is 2.60. The van der Waals surface area contributed by atoms with Crippen LogP contribution >= 0.6 is 0 Å². The molecule has 0 unspecified atom stereocenters. The number of carbonyl (C=O) groups is 2. The zero-order chi connectivity index (χ0) is 21.1. The number of halogens is 1. The number of rotatable bonds is 6. The number of primary sulfonamides is 1. The number of sulfonamides is 1.